The van der Waals surface area contributed by atoms with E-state index in [9.17, 15) is 13.2 Å². The van der Waals surface area contributed by atoms with Crippen LogP contribution in [0.3, 0.4) is 0 Å². The topological polar surface area (TPSA) is 102 Å². The van der Waals surface area contributed by atoms with Gasteiger partial charge in [0.15, 0.2) is 0 Å². The van der Waals surface area contributed by atoms with E-state index in [1.165, 1.54) is 25.3 Å². The van der Waals surface area contributed by atoms with Crippen molar-refractivity contribution in [3.8, 4) is 5.75 Å². The fraction of sp³-hybridized carbons (Fsp3) is 0.250. The number of halogens is 4. The summed E-state index contributed by atoms with van der Waals surface area (Å²) in [6.07, 6.45) is 3.57. The summed E-state index contributed by atoms with van der Waals surface area (Å²) >= 11 is 18.2. The minimum atomic E-state index is -4.25. The van der Waals surface area contributed by atoms with Crippen LogP contribution in [0.15, 0.2) is 53.3 Å². The number of carbonyl (C=O) groups is 1. The minimum absolute atomic E-state index is 0.130. The molecule has 2 aromatic carbocycles. The standard InChI is InChI=1S/C24H22Cl3FN4O4S/c1-36-22-10-17(7-8-19(22)26)37(34,35)31-24(33)29-12-21(28)18-4-2-3-14-11-30-32(23(14)18)13-15-5-6-16(25)9-20(15)27/h5-11H,2-4,12-13H2,1H3,(H2,29,31,33). The molecule has 8 nitrogen and oxygen atoms in total. The van der Waals surface area contributed by atoms with Gasteiger partial charge in [0, 0.05) is 21.7 Å². The first-order valence-electron chi connectivity index (χ1n) is 11.1. The lowest BCUT2D eigenvalue weighted by Gasteiger charge is -2.19. The summed E-state index contributed by atoms with van der Waals surface area (Å²) < 4.78 is 49.0. The molecule has 3 aromatic rings. The highest BCUT2D eigenvalue weighted by molar-refractivity contribution is 7.90. The molecule has 13 heteroatoms. The molecule has 1 aromatic heterocycles. The summed E-state index contributed by atoms with van der Waals surface area (Å²) in [5.41, 5.74) is 2.67. The summed E-state index contributed by atoms with van der Waals surface area (Å²) in [5, 5.41) is 7.87. The molecule has 1 heterocycles. The van der Waals surface area contributed by atoms with Crippen LogP contribution in [0.1, 0.15) is 29.7 Å². The number of hydrogen-bond donors (Lipinski definition) is 2. The number of aryl methyl sites for hydroxylation is 1. The maximum atomic E-state index is 15.3. The number of benzene rings is 2. The van der Waals surface area contributed by atoms with Crippen molar-refractivity contribution in [3.05, 3.63) is 80.3 Å². The summed E-state index contributed by atoms with van der Waals surface area (Å²) in [6, 6.07) is 7.78. The number of ether oxygens (including phenoxy) is 1. The molecule has 0 bridgehead atoms. The van der Waals surface area contributed by atoms with E-state index >= 15 is 4.39 Å². The molecule has 37 heavy (non-hydrogen) atoms. The van der Waals surface area contributed by atoms with Crippen molar-refractivity contribution in [2.24, 2.45) is 0 Å². The first-order valence-corrected chi connectivity index (χ1v) is 13.7. The van der Waals surface area contributed by atoms with E-state index in [0.29, 0.717) is 40.7 Å². The van der Waals surface area contributed by atoms with E-state index in [1.54, 1.807) is 29.1 Å². The van der Waals surface area contributed by atoms with Crippen molar-refractivity contribution in [2.45, 2.75) is 30.7 Å². The highest BCUT2D eigenvalue weighted by atomic mass is 35.5. The number of urea groups is 1. The lowest BCUT2D eigenvalue weighted by atomic mass is 9.92. The largest absolute Gasteiger partial charge is 0.495 e. The number of fused-ring (bicyclic) bond motifs is 1. The van der Waals surface area contributed by atoms with Crippen LogP contribution in [-0.2, 0) is 23.0 Å². The van der Waals surface area contributed by atoms with E-state index < -0.39 is 28.4 Å². The van der Waals surface area contributed by atoms with Crippen LogP contribution in [0.2, 0.25) is 15.1 Å². The molecule has 0 radical (unpaired) electrons. The molecular weight excluding hydrogens is 566 g/mol. The van der Waals surface area contributed by atoms with Crippen molar-refractivity contribution >= 4 is 56.4 Å². The second kappa shape index (κ2) is 11.3. The third kappa shape index (κ3) is 6.20. The maximum absolute atomic E-state index is 15.3. The molecule has 1 aliphatic carbocycles. The Morgan fingerprint density at radius 2 is 1.92 bits per heavy atom. The quantitative estimate of drug-likeness (QED) is 0.374. The first-order chi connectivity index (χ1) is 17.6. The summed E-state index contributed by atoms with van der Waals surface area (Å²) in [7, 11) is -2.91. The number of sulfonamides is 1. The lowest BCUT2D eigenvalue weighted by Crippen LogP contribution is -2.40. The number of hydrogen-bond acceptors (Lipinski definition) is 5. The number of aromatic nitrogens is 2. The Morgan fingerprint density at radius 3 is 2.65 bits per heavy atom. The van der Waals surface area contributed by atoms with Gasteiger partial charge in [-0.3, -0.25) is 4.68 Å². The maximum Gasteiger partial charge on any atom is 0.329 e. The number of carbonyl (C=O) groups excluding carboxylic acids is 1. The Labute approximate surface area is 228 Å². The Bertz CT molecular complexity index is 1490. The molecule has 0 saturated carbocycles. The van der Waals surface area contributed by atoms with Gasteiger partial charge in [0.2, 0.25) is 0 Å². The number of methoxy groups -OCH3 is 1. The van der Waals surface area contributed by atoms with Gasteiger partial charge in [-0.25, -0.2) is 22.3 Å². The second-order valence-corrected chi connectivity index (χ2v) is 11.2. The van der Waals surface area contributed by atoms with E-state index in [4.69, 9.17) is 39.5 Å². The number of amides is 2. The predicted molar refractivity (Wildman–Crippen MR) is 140 cm³/mol. The molecule has 1 aliphatic rings. The molecular formula is C24H22Cl3FN4O4S. The SMILES string of the molecule is COc1cc(S(=O)(=O)NC(=O)NCC(F)=C2CCCc3cnn(Cc4ccc(Cl)cc4Cl)c32)ccc1Cl. The average Bonchev–Trinajstić information content (AvgIpc) is 3.27. The molecule has 0 unspecified atom stereocenters. The van der Waals surface area contributed by atoms with Crippen LogP contribution >= 0.6 is 34.8 Å². The highest BCUT2D eigenvalue weighted by Crippen LogP contribution is 2.34. The van der Waals surface area contributed by atoms with Gasteiger partial charge in [0.1, 0.15) is 11.6 Å². The van der Waals surface area contributed by atoms with E-state index in [0.717, 1.165) is 17.5 Å². The van der Waals surface area contributed by atoms with Crippen molar-refractivity contribution in [1.29, 1.82) is 0 Å². The van der Waals surface area contributed by atoms with E-state index in [1.807, 2.05) is 4.72 Å². The van der Waals surface area contributed by atoms with Crippen LogP contribution < -0.4 is 14.8 Å². The van der Waals surface area contributed by atoms with Gasteiger partial charge in [-0.2, -0.15) is 5.10 Å². The zero-order valence-corrected chi connectivity index (χ0v) is 22.6. The number of allylic oxidation sites excluding steroid dienone is 1. The van der Waals surface area contributed by atoms with Gasteiger partial charge in [-0.1, -0.05) is 40.9 Å². The molecule has 0 spiro atoms. The number of nitrogens with zero attached hydrogens (tertiary/aromatic N) is 2. The van der Waals surface area contributed by atoms with E-state index in [2.05, 4.69) is 10.4 Å². The molecule has 0 fully saturated rings. The molecule has 0 saturated heterocycles. The molecule has 4 rings (SSSR count). The summed E-state index contributed by atoms with van der Waals surface area (Å²) in [4.78, 5) is 12.1. The van der Waals surface area contributed by atoms with Crippen LogP contribution in [0.4, 0.5) is 9.18 Å². The molecule has 0 aliphatic heterocycles. The number of nitrogens with one attached hydrogen (secondary N) is 2. The molecule has 0 atom stereocenters. The third-order valence-corrected chi connectivity index (χ3v) is 8.03. The van der Waals surface area contributed by atoms with Gasteiger partial charge in [0.25, 0.3) is 10.0 Å². The van der Waals surface area contributed by atoms with Gasteiger partial charge < -0.3 is 10.1 Å². The molecule has 2 amide bonds. The number of rotatable bonds is 7. The van der Waals surface area contributed by atoms with Crippen LogP contribution in [0.5, 0.6) is 5.75 Å². The van der Waals surface area contributed by atoms with Gasteiger partial charge in [-0.15, -0.1) is 0 Å². The van der Waals surface area contributed by atoms with Crippen molar-refractivity contribution in [3.63, 3.8) is 0 Å². The second-order valence-electron chi connectivity index (χ2n) is 8.23. The Balaban J connectivity index is 1.49. The zero-order chi connectivity index (χ0) is 26.7. The molecule has 196 valence electrons. The van der Waals surface area contributed by atoms with Crippen molar-refractivity contribution < 1.29 is 22.3 Å². The first kappa shape index (κ1) is 27.3. The Morgan fingerprint density at radius 1 is 1.14 bits per heavy atom. The van der Waals surface area contributed by atoms with Gasteiger partial charge in [0.05, 0.1) is 42.0 Å². The zero-order valence-electron chi connectivity index (χ0n) is 19.5. The lowest BCUT2D eigenvalue weighted by molar-refractivity contribution is 0.246. The van der Waals surface area contributed by atoms with E-state index in [-0.39, 0.29) is 15.7 Å². The predicted octanol–water partition coefficient (Wildman–Crippen LogP) is 5.61. The van der Waals surface area contributed by atoms with Crippen molar-refractivity contribution in [1.82, 2.24) is 19.8 Å². The van der Waals surface area contributed by atoms with Gasteiger partial charge in [-0.05, 0) is 54.7 Å². The Hall–Kier alpha value is -2.79. The van der Waals surface area contributed by atoms with Crippen LogP contribution in [0.25, 0.3) is 5.57 Å². The smallest absolute Gasteiger partial charge is 0.329 e. The fourth-order valence-corrected chi connectivity index (χ4v) is 5.62. The normalized spacial score (nSPS) is 14.6. The third-order valence-electron chi connectivity index (χ3n) is 5.80. The monoisotopic (exact) mass is 586 g/mol. The minimum Gasteiger partial charge on any atom is -0.495 e. The summed E-state index contributed by atoms with van der Waals surface area (Å²) in [6.45, 7) is -0.203. The summed E-state index contributed by atoms with van der Waals surface area (Å²) in [5.74, 6) is -0.462. The van der Waals surface area contributed by atoms with Crippen molar-refractivity contribution in [2.75, 3.05) is 13.7 Å². The van der Waals surface area contributed by atoms with Crippen LogP contribution in [0, 0.1) is 0 Å². The average molecular weight is 588 g/mol. The molecule has 2 N–H and O–H groups in total. The fourth-order valence-electron chi connectivity index (χ4n) is 4.01. The Kier molecular flexibility index (Phi) is 8.33. The van der Waals surface area contributed by atoms with Gasteiger partial charge >= 0.3 is 6.03 Å². The van der Waals surface area contributed by atoms with Crippen LogP contribution in [-0.4, -0.2) is 37.9 Å². The highest BCUT2D eigenvalue weighted by Gasteiger charge is 2.25.